The summed E-state index contributed by atoms with van der Waals surface area (Å²) in [5.41, 5.74) is 0.537. The van der Waals surface area contributed by atoms with Gasteiger partial charge in [0.05, 0.1) is 33.9 Å². The molecule has 2 aliphatic rings. The summed E-state index contributed by atoms with van der Waals surface area (Å²) in [6, 6.07) is 13.1. The Bertz CT molecular complexity index is 1960. The number of rotatable bonds is 10. The molecule has 0 saturated carbocycles. The van der Waals surface area contributed by atoms with Gasteiger partial charge in [0, 0.05) is 54.0 Å². The maximum atomic E-state index is 15.9. The minimum Gasteiger partial charge on any atom is -0.497 e. The van der Waals surface area contributed by atoms with Crippen molar-refractivity contribution in [2.45, 2.75) is 50.2 Å². The quantitative estimate of drug-likeness (QED) is 0.234. The molecule has 11 nitrogen and oxygen atoms in total. The van der Waals surface area contributed by atoms with Crippen LogP contribution in [-0.2, 0) is 21.3 Å². The van der Waals surface area contributed by atoms with Crippen molar-refractivity contribution >= 4 is 33.7 Å². The van der Waals surface area contributed by atoms with Gasteiger partial charge in [0.2, 0.25) is 5.96 Å². The molecule has 1 amide bonds. The summed E-state index contributed by atoms with van der Waals surface area (Å²) in [5, 5.41) is 3.03. The van der Waals surface area contributed by atoms with Crippen LogP contribution in [0, 0.1) is 17.6 Å². The third kappa shape index (κ3) is 9.05. The Balaban J connectivity index is 1.42. The van der Waals surface area contributed by atoms with Crippen LogP contribution in [0.1, 0.15) is 44.2 Å². The van der Waals surface area contributed by atoms with Gasteiger partial charge in [0.1, 0.15) is 33.6 Å². The first-order valence-electron chi connectivity index (χ1n) is 16.3. The highest BCUT2D eigenvalue weighted by atomic mass is 35.5. The van der Waals surface area contributed by atoms with E-state index in [1.54, 1.807) is 49.9 Å². The van der Waals surface area contributed by atoms with Crippen molar-refractivity contribution in [2.75, 3.05) is 40.5 Å². The zero-order valence-electron chi connectivity index (χ0n) is 29.3. The van der Waals surface area contributed by atoms with E-state index in [4.69, 9.17) is 30.5 Å². The molecule has 3 aromatic rings. The van der Waals surface area contributed by atoms with Gasteiger partial charge in [-0.1, -0.05) is 23.7 Å². The monoisotopic (exact) mass is 764 g/mol. The number of likely N-dealkylation sites (tertiary alicyclic amines) is 1. The number of carbonyl (C=O) groups is 1. The van der Waals surface area contributed by atoms with E-state index in [-0.39, 0.29) is 36.7 Å². The van der Waals surface area contributed by atoms with E-state index in [1.807, 2.05) is 12.1 Å². The molecule has 1 N–H and O–H groups in total. The number of hydrogen-bond acceptors (Lipinski definition) is 9. The number of amides is 1. The fourth-order valence-electron chi connectivity index (χ4n) is 5.92. The molecule has 0 aromatic heterocycles. The highest BCUT2D eigenvalue weighted by Gasteiger charge is 2.36. The number of methoxy groups -OCH3 is 2. The summed E-state index contributed by atoms with van der Waals surface area (Å²) < 4.78 is 96.3. The topological polar surface area (TPSA) is 119 Å². The Morgan fingerprint density at radius 1 is 1.02 bits per heavy atom. The lowest BCUT2D eigenvalue weighted by atomic mass is 9.81. The molecule has 2 atom stereocenters. The largest absolute Gasteiger partial charge is 0.497 e. The molecule has 0 bridgehead atoms. The van der Waals surface area contributed by atoms with Crippen LogP contribution in [0.25, 0.3) is 0 Å². The van der Waals surface area contributed by atoms with Crippen LogP contribution in [0.2, 0.25) is 5.02 Å². The van der Waals surface area contributed by atoms with E-state index in [1.165, 1.54) is 20.3 Å². The minimum absolute atomic E-state index is 0.130. The van der Waals surface area contributed by atoms with Crippen LogP contribution in [-0.4, -0.2) is 75.7 Å². The molecule has 280 valence electrons. The molecule has 52 heavy (non-hydrogen) atoms. The van der Waals surface area contributed by atoms with E-state index < -0.39 is 62.9 Å². The van der Waals surface area contributed by atoms with Crippen molar-refractivity contribution in [3.8, 4) is 17.2 Å². The number of hydrogen-bond donors (Lipinski definition) is 1. The predicted molar refractivity (Wildman–Crippen MR) is 189 cm³/mol. The molecule has 2 unspecified atom stereocenters. The standard InChI is InChI=1S/C36H40ClF3N4O7S/c1-36(2,3)51-35(45)43-13-12-28(22-6-9-25(37)10-7-22)24(19-43)21-50-32-15-30(40)33(16-29(32)39)52(46,47)44(34-41-17-26(38)18-42-34)20-23-8-11-27(48-4)14-31(23)49-5/h6-11,14-17,24,28H,12-13,18-21H2,1-5H3,(H,41,42). The average Bonchev–Trinajstić information content (AvgIpc) is 3.10. The van der Waals surface area contributed by atoms with Crippen LogP contribution in [0.15, 0.2) is 76.5 Å². The first-order valence-corrected chi connectivity index (χ1v) is 18.2. The van der Waals surface area contributed by atoms with Gasteiger partial charge in [-0.05, 0) is 62.9 Å². The summed E-state index contributed by atoms with van der Waals surface area (Å²) in [6.45, 7) is 4.83. The van der Waals surface area contributed by atoms with Crippen LogP contribution in [0.4, 0.5) is 18.0 Å². The number of guanidine groups is 1. The molecule has 0 aliphatic carbocycles. The van der Waals surface area contributed by atoms with Crippen molar-refractivity contribution in [3.63, 3.8) is 0 Å². The van der Waals surface area contributed by atoms with Crippen LogP contribution < -0.4 is 19.5 Å². The number of piperidine rings is 1. The Kier molecular flexibility index (Phi) is 11.8. The van der Waals surface area contributed by atoms with Gasteiger partial charge in [-0.3, -0.25) is 0 Å². The fourth-order valence-corrected chi connectivity index (χ4v) is 7.49. The fraction of sp³-hybridized carbons (Fsp3) is 0.389. The number of nitrogens with zero attached hydrogens (tertiary/aromatic N) is 3. The second kappa shape index (κ2) is 15.9. The second-order valence-electron chi connectivity index (χ2n) is 13.2. The number of ether oxygens (including phenoxy) is 4. The smallest absolute Gasteiger partial charge is 0.410 e. The highest BCUT2D eigenvalue weighted by Crippen LogP contribution is 2.36. The Morgan fingerprint density at radius 3 is 2.38 bits per heavy atom. The van der Waals surface area contributed by atoms with Gasteiger partial charge in [0.25, 0.3) is 10.0 Å². The number of sulfonamides is 1. The van der Waals surface area contributed by atoms with Crippen LogP contribution in [0.5, 0.6) is 17.2 Å². The Labute approximate surface area is 306 Å². The number of carbonyl (C=O) groups excluding carboxylic acids is 1. The summed E-state index contributed by atoms with van der Waals surface area (Å²) in [7, 11) is -2.06. The lowest BCUT2D eigenvalue weighted by Gasteiger charge is -2.39. The number of nitrogens with one attached hydrogen (secondary N) is 1. The molecule has 2 heterocycles. The molecule has 1 fully saturated rings. The molecule has 5 rings (SSSR count). The minimum atomic E-state index is -4.88. The zero-order valence-corrected chi connectivity index (χ0v) is 30.9. The summed E-state index contributed by atoms with van der Waals surface area (Å²) >= 11 is 6.11. The number of aliphatic imine (C=N–C) groups is 1. The van der Waals surface area contributed by atoms with Crippen molar-refractivity contribution in [1.29, 1.82) is 0 Å². The van der Waals surface area contributed by atoms with Gasteiger partial charge >= 0.3 is 6.09 Å². The van der Waals surface area contributed by atoms with Crippen LogP contribution in [0.3, 0.4) is 0 Å². The average molecular weight is 765 g/mol. The number of benzene rings is 3. The highest BCUT2D eigenvalue weighted by molar-refractivity contribution is 7.89. The third-order valence-corrected chi connectivity index (χ3v) is 10.5. The zero-order chi connectivity index (χ0) is 37.8. The maximum absolute atomic E-state index is 15.9. The lowest BCUT2D eigenvalue weighted by molar-refractivity contribution is 0.0110. The van der Waals surface area contributed by atoms with E-state index in [0.717, 1.165) is 11.8 Å². The first kappa shape index (κ1) is 38.6. The second-order valence-corrected chi connectivity index (χ2v) is 15.5. The van der Waals surface area contributed by atoms with Crippen molar-refractivity contribution in [1.82, 2.24) is 14.5 Å². The lowest BCUT2D eigenvalue weighted by Crippen LogP contribution is -2.46. The number of halogens is 4. The summed E-state index contributed by atoms with van der Waals surface area (Å²) in [4.78, 5) is 17.5. The molecular weight excluding hydrogens is 725 g/mol. The Hall–Kier alpha value is -4.63. The van der Waals surface area contributed by atoms with Crippen LogP contribution >= 0.6 is 11.6 Å². The van der Waals surface area contributed by atoms with E-state index >= 15 is 8.78 Å². The van der Waals surface area contributed by atoms with E-state index in [2.05, 4.69) is 10.3 Å². The van der Waals surface area contributed by atoms with E-state index in [0.29, 0.717) is 45.7 Å². The third-order valence-electron chi connectivity index (χ3n) is 8.47. The Morgan fingerprint density at radius 2 is 1.75 bits per heavy atom. The summed E-state index contributed by atoms with van der Waals surface area (Å²) in [6.07, 6.45) is 0.955. The normalized spacial score (nSPS) is 17.8. The predicted octanol–water partition coefficient (Wildman–Crippen LogP) is 7.02. The molecular formula is C36H40ClF3N4O7S. The molecule has 2 aliphatic heterocycles. The maximum Gasteiger partial charge on any atom is 0.410 e. The van der Waals surface area contributed by atoms with Gasteiger partial charge in [-0.25, -0.2) is 35.7 Å². The van der Waals surface area contributed by atoms with Gasteiger partial charge < -0.3 is 29.2 Å². The molecule has 16 heteroatoms. The van der Waals surface area contributed by atoms with Gasteiger partial charge in [0.15, 0.2) is 11.6 Å². The molecule has 1 saturated heterocycles. The van der Waals surface area contributed by atoms with Crippen molar-refractivity contribution < 1.29 is 45.3 Å². The van der Waals surface area contributed by atoms with E-state index in [9.17, 15) is 17.6 Å². The molecule has 0 spiro atoms. The van der Waals surface area contributed by atoms with Crippen molar-refractivity contribution in [2.24, 2.45) is 10.9 Å². The van der Waals surface area contributed by atoms with Gasteiger partial charge in [-0.2, -0.15) is 0 Å². The van der Waals surface area contributed by atoms with Gasteiger partial charge in [-0.15, -0.1) is 0 Å². The molecule has 3 aromatic carbocycles. The first-order chi connectivity index (χ1) is 24.6. The SMILES string of the molecule is COc1ccc(CN(C2=NCC(F)=CN2)S(=O)(=O)c2cc(F)c(OCC3CN(C(=O)OC(C)(C)C)CCC3c3ccc(Cl)cc3)cc2F)c(OC)c1. The molecule has 0 radical (unpaired) electrons. The summed E-state index contributed by atoms with van der Waals surface area (Å²) in [5.74, 6) is -3.78. The van der Waals surface area contributed by atoms with Crippen molar-refractivity contribution in [3.05, 3.63) is 94.4 Å².